The van der Waals surface area contributed by atoms with Crippen molar-refractivity contribution in [1.82, 2.24) is 4.83 Å². The van der Waals surface area contributed by atoms with Gasteiger partial charge >= 0.3 is 0 Å². The standard InChI is InChI=1S/C20H18Cl2N2O2S/c1-14-6-9-17(10-7-14)27(25,26)24-23-20-5-3-2-4-16(20)12-15-8-11-18(21)19(22)13-15/h2,4,6-13,24H,3,5H2,1H3/b16-12+,23-20+. The molecule has 0 saturated carbocycles. The van der Waals surface area contributed by atoms with E-state index in [4.69, 9.17) is 23.2 Å². The van der Waals surface area contributed by atoms with Gasteiger partial charge < -0.3 is 0 Å². The molecule has 2 aromatic carbocycles. The summed E-state index contributed by atoms with van der Waals surface area (Å²) in [6, 6.07) is 11.9. The first-order valence-corrected chi connectivity index (χ1v) is 10.6. The predicted molar refractivity (Wildman–Crippen MR) is 112 cm³/mol. The maximum absolute atomic E-state index is 12.4. The van der Waals surface area contributed by atoms with E-state index in [1.807, 2.05) is 31.2 Å². The summed E-state index contributed by atoms with van der Waals surface area (Å²) in [5.74, 6) is 0. The summed E-state index contributed by atoms with van der Waals surface area (Å²) in [6.07, 6.45) is 7.28. The molecule has 2 aromatic rings. The van der Waals surface area contributed by atoms with Crippen molar-refractivity contribution in [2.75, 3.05) is 0 Å². The number of sulfonamides is 1. The first-order chi connectivity index (χ1) is 12.8. The van der Waals surface area contributed by atoms with Crippen LogP contribution in [0, 0.1) is 6.92 Å². The molecule has 0 bridgehead atoms. The molecule has 1 aliphatic rings. The van der Waals surface area contributed by atoms with Gasteiger partial charge in [0.15, 0.2) is 0 Å². The van der Waals surface area contributed by atoms with E-state index in [1.54, 1.807) is 36.4 Å². The number of halogens is 2. The lowest BCUT2D eigenvalue weighted by atomic mass is 9.97. The molecule has 0 amide bonds. The first kappa shape index (κ1) is 19.7. The Balaban J connectivity index is 1.87. The molecule has 0 heterocycles. The molecular formula is C20H18Cl2N2O2S. The molecule has 3 rings (SSSR count). The van der Waals surface area contributed by atoms with Crippen LogP contribution in [0.15, 0.2) is 70.2 Å². The van der Waals surface area contributed by atoms with Gasteiger partial charge in [0.2, 0.25) is 0 Å². The van der Waals surface area contributed by atoms with Gasteiger partial charge in [0.25, 0.3) is 10.0 Å². The van der Waals surface area contributed by atoms with E-state index in [0.717, 1.165) is 23.1 Å². The summed E-state index contributed by atoms with van der Waals surface area (Å²) < 4.78 is 24.9. The van der Waals surface area contributed by atoms with Gasteiger partial charge in [-0.1, -0.05) is 59.1 Å². The molecule has 0 aliphatic heterocycles. The normalized spacial score (nSPS) is 17.4. The number of aryl methyl sites for hydroxylation is 1. The summed E-state index contributed by atoms with van der Waals surface area (Å²) >= 11 is 12.0. The van der Waals surface area contributed by atoms with Crippen molar-refractivity contribution in [3.8, 4) is 0 Å². The van der Waals surface area contributed by atoms with Gasteiger partial charge in [-0.25, -0.2) is 0 Å². The summed E-state index contributed by atoms with van der Waals surface area (Å²) in [5, 5.41) is 5.12. The fourth-order valence-electron chi connectivity index (χ4n) is 2.59. The smallest absolute Gasteiger partial charge is 0.200 e. The number of hydrogen-bond acceptors (Lipinski definition) is 3. The first-order valence-electron chi connectivity index (χ1n) is 8.34. The average Bonchev–Trinajstić information content (AvgIpc) is 2.64. The Morgan fingerprint density at radius 1 is 1.07 bits per heavy atom. The third-order valence-electron chi connectivity index (χ3n) is 4.08. The van der Waals surface area contributed by atoms with Crippen molar-refractivity contribution < 1.29 is 8.42 Å². The van der Waals surface area contributed by atoms with Crippen LogP contribution in [-0.4, -0.2) is 14.1 Å². The van der Waals surface area contributed by atoms with E-state index in [0.29, 0.717) is 22.2 Å². The molecule has 1 N–H and O–H groups in total. The summed E-state index contributed by atoms with van der Waals surface area (Å²) in [5.41, 5.74) is 3.34. The molecule has 0 saturated heterocycles. The monoisotopic (exact) mass is 420 g/mol. The van der Waals surface area contributed by atoms with Crippen molar-refractivity contribution in [2.24, 2.45) is 5.10 Å². The predicted octanol–water partition coefficient (Wildman–Crippen LogP) is 5.37. The SMILES string of the molecule is Cc1ccc(S(=O)(=O)N/N=C2\CCC=C\C2=C/c2ccc(Cl)c(Cl)c2)cc1. The molecule has 0 unspecified atom stereocenters. The van der Waals surface area contributed by atoms with Crippen LogP contribution in [0.2, 0.25) is 10.0 Å². The number of hydrazone groups is 1. The third kappa shape index (κ3) is 5.01. The van der Waals surface area contributed by atoms with Crippen molar-refractivity contribution >= 4 is 45.0 Å². The number of benzene rings is 2. The Hall–Kier alpha value is -2.08. The molecule has 27 heavy (non-hydrogen) atoms. The molecule has 0 aromatic heterocycles. The van der Waals surface area contributed by atoms with Crippen LogP contribution in [0.5, 0.6) is 0 Å². The van der Waals surface area contributed by atoms with E-state index >= 15 is 0 Å². The molecule has 7 heteroatoms. The Kier molecular flexibility index (Phi) is 6.05. The number of rotatable bonds is 4. The van der Waals surface area contributed by atoms with Gasteiger partial charge in [-0.05, 0) is 61.2 Å². The topological polar surface area (TPSA) is 58.5 Å². The number of allylic oxidation sites excluding steroid dienone is 3. The van der Waals surface area contributed by atoms with E-state index < -0.39 is 10.0 Å². The minimum absolute atomic E-state index is 0.179. The van der Waals surface area contributed by atoms with Gasteiger partial charge in [0.05, 0.1) is 20.7 Å². The molecule has 0 spiro atoms. The van der Waals surface area contributed by atoms with Gasteiger partial charge in [-0.3, -0.25) is 0 Å². The zero-order valence-corrected chi connectivity index (χ0v) is 16.9. The molecule has 140 valence electrons. The molecule has 4 nitrogen and oxygen atoms in total. The van der Waals surface area contributed by atoms with Crippen molar-refractivity contribution in [3.05, 3.63) is 81.4 Å². The Labute approximate surface area is 169 Å². The lowest BCUT2D eigenvalue weighted by Gasteiger charge is -2.13. The Morgan fingerprint density at radius 3 is 2.52 bits per heavy atom. The minimum Gasteiger partial charge on any atom is -0.200 e. The van der Waals surface area contributed by atoms with Crippen molar-refractivity contribution in [1.29, 1.82) is 0 Å². The Morgan fingerprint density at radius 2 is 1.81 bits per heavy atom. The highest BCUT2D eigenvalue weighted by atomic mass is 35.5. The second kappa shape index (κ2) is 8.30. The number of nitrogens with zero attached hydrogens (tertiary/aromatic N) is 1. The summed E-state index contributed by atoms with van der Waals surface area (Å²) in [4.78, 5) is 2.52. The van der Waals surface area contributed by atoms with Crippen LogP contribution in [0.3, 0.4) is 0 Å². The van der Waals surface area contributed by atoms with Crippen molar-refractivity contribution in [3.63, 3.8) is 0 Å². The van der Waals surface area contributed by atoms with Crippen LogP contribution in [-0.2, 0) is 10.0 Å². The maximum Gasteiger partial charge on any atom is 0.276 e. The van der Waals surface area contributed by atoms with Crippen LogP contribution in [0.4, 0.5) is 0 Å². The van der Waals surface area contributed by atoms with E-state index in [-0.39, 0.29) is 4.90 Å². The highest BCUT2D eigenvalue weighted by molar-refractivity contribution is 7.89. The van der Waals surface area contributed by atoms with Crippen LogP contribution in [0.25, 0.3) is 6.08 Å². The van der Waals surface area contributed by atoms with Gasteiger partial charge in [-0.15, -0.1) is 0 Å². The largest absolute Gasteiger partial charge is 0.276 e. The van der Waals surface area contributed by atoms with E-state index in [9.17, 15) is 8.42 Å². The highest BCUT2D eigenvalue weighted by Gasteiger charge is 2.15. The lowest BCUT2D eigenvalue weighted by Crippen LogP contribution is -2.21. The fraction of sp³-hybridized carbons (Fsp3) is 0.150. The van der Waals surface area contributed by atoms with E-state index in [2.05, 4.69) is 9.93 Å². The second-order valence-electron chi connectivity index (χ2n) is 6.18. The minimum atomic E-state index is -3.71. The molecular weight excluding hydrogens is 403 g/mol. The van der Waals surface area contributed by atoms with E-state index in [1.165, 1.54) is 0 Å². The second-order valence-corrected chi connectivity index (χ2v) is 8.66. The quantitative estimate of drug-likeness (QED) is 0.675. The summed E-state index contributed by atoms with van der Waals surface area (Å²) in [7, 11) is -3.71. The average molecular weight is 421 g/mol. The highest BCUT2D eigenvalue weighted by Crippen LogP contribution is 2.25. The molecule has 1 aliphatic carbocycles. The molecule has 0 radical (unpaired) electrons. The summed E-state index contributed by atoms with van der Waals surface area (Å²) in [6.45, 7) is 1.90. The lowest BCUT2D eigenvalue weighted by molar-refractivity contribution is 0.584. The van der Waals surface area contributed by atoms with Crippen molar-refractivity contribution in [2.45, 2.75) is 24.7 Å². The third-order valence-corrected chi connectivity index (χ3v) is 6.04. The Bertz CT molecular complexity index is 1040. The number of hydrogen-bond donors (Lipinski definition) is 1. The van der Waals surface area contributed by atoms with Crippen LogP contribution < -0.4 is 4.83 Å². The maximum atomic E-state index is 12.4. The number of nitrogens with one attached hydrogen (secondary N) is 1. The van der Waals surface area contributed by atoms with Gasteiger partial charge in [0.1, 0.15) is 0 Å². The zero-order valence-electron chi connectivity index (χ0n) is 14.6. The molecule has 0 atom stereocenters. The molecule has 0 fully saturated rings. The van der Waals surface area contributed by atoms with Crippen LogP contribution >= 0.6 is 23.2 Å². The van der Waals surface area contributed by atoms with Crippen LogP contribution in [0.1, 0.15) is 24.0 Å². The fourth-order valence-corrected chi connectivity index (χ4v) is 3.73. The van der Waals surface area contributed by atoms with Gasteiger partial charge in [0, 0.05) is 0 Å². The van der Waals surface area contributed by atoms with Gasteiger partial charge in [-0.2, -0.15) is 18.4 Å². The zero-order chi connectivity index (χ0) is 19.4.